The molecule has 5 nitrogen and oxygen atoms in total. The Bertz CT molecular complexity index is 692. The van der Waals surface area contributed by atoms with Gasteiger partial charge in [-0.15, -0.1) is 0 Å². The minimum atomic E-state index is 0.109. The quantitative estimate of drug-likeness (QED) is 0.785. The van der Waals surface area contributed by atoms with Crippen LogP contribution in [0.3, 0.4) is 0 Å². The minimum Gasteiger partial charge on any atom is -0.441 e. The van der Waals surface area contributed by atoms with Gasteiger partial charge in [0, 0.05) is 37.1 Å². The predicted octanol–water partition coefficient (Wildman–Crippen LogP) is 3.79. The summed E-state index contributed by atoms with van der Waals surface area (Å²) in [6, 6.07) is 2.03. The van der Waals surface area contributed by atoms with Gasteiger partial charge in [-0.1, -0.05) is 0 Å². The number of oxazole rings is 1. The lowest BCUT2D eigenvalue weighted by molar-refractivity contribution is -0.137. The first-order valence-corrected chi connectivity index (χ1v) is 10.1. The molecule has 1 atom stereocenters. The van der Waals surface area contributed by atoms with Gasteiger partial charge in [-0.3, -0.25) is 9.69 Å². The molecule has 1 saturated heterocycles. The normalized spacial score (nSPS) is 18.4. The molecule has 0 radical (unpaired) electrons. The summed E-state index contributed by atoms with van der Waals surface area (Å²) in [5.74, 6) is 1.97. The lowest BCUT2D eigenvalue weighted by Gasteiger charge is -2.34. The Morgan fingerprint density at radius 1 is 1.44 bits per heavy atom. The summed E-state index contributed by atoms with van der Waals surface area (Å²) in [6.07, 6.45) is 2.05. The number of carbonyl (C=O) groups excluding carboxylic acids is 1. The van der Waals surface area contributed by atoms with Crippen LogP contribution >= 0.6 is 11.3 Å². The Morgan fingerprint density at radius 2 is 2.24 bits per heavy atom. The molecule has 2 aromatic rings. The number of likely N-dealkylation sites (tertiary alicyclic amines) is 1. The van der Waals surface area contributed by atoms with E-state index >= 15 is 0 Å². The maximum absolute atomic E-state index is 12.7. The van der Waals surface area contributed by atoms with E-state index in [1.807, 2.05) is 37.1 Å². The fourth-order valence-corrected chi connectivity index (χ4v) is 4.12. The van der Waals surface area contributed by atoms with Crippen molar-refractivity contribution in [1.29, 1.82) is 0 Å². The van der Waals surface area contributed by atoms with Gasteiger partial charge in [-0.25, -0.2) is 4.98 Å². The van der Waals surface area contributed by atoms with E-state index in [0.717, 1.165) is 62.6 Å². The summed E-state index contributed by atoms with van der Waals surface area (Å²) < 4.78 is 5.84. The molecule has 0 aliphatic carbocycles. The fourth-order valence-electron chi connectivity index (χ4n) is 3.49. The Hall–Kier alpha value is -1.66. The highest BCUT2D eigenvalue weighted by atomic mass is 32.1. The molecular formula is C19H27N3O2S. The Morgan fingerprint density at radius 3 is 2.92 bits per heavy atom. The third kappa shape index (κ3) is 4.12. The van der Waals surface area contributed by atoms with Crippen LogP contribution in [0.5, 0.6) is 0 Å². The predicted molar refractivity (Wildman–Crippen MR) is 100 cm³/mol. The van der Waals surface area contributed by atoms with Crippen molar-refractivity contribution in [3.8, 4) is 11.5 Å². The van der Waals surface area contributed by atoms with Crippen LogP contribution in [0.25, 0.3) is 11.5 Å². The fraction of sp³-hybridized carbons (Fsp3) is 0.579. The van der Waals surface area contributed by atoms with Crippen molar-refractivity contribution >= 4 is 17.2 Å². The molecule has 1 amide bonds. The zero-order valence-electron chi connectivity index (χ0n) is 15.3. The van der Waals surface area contributed by atoms with E-state index in [4.69, 9.17) is 4.42 Å². The molecule has 0 N–H and O–H groups in total. The summed E-state index contributed by atoms with van der Waals surface area (Å²) >= 11 is 1.64. The van der Waals surface area contributed by atoms with Crippen molar-refractivity contribution in [3.05, 3.63) is 28.3 Å². The van der Waals surface area contributed by atoms with Gasteiger partial charge in [0.2, 0.25) is 11.8 Å². The van der Waals surface area contributed by atoms with Crippen LogP contribution in [0.15, 0.2) is 21.2 Å². The van der Waals surface area contributed by atoms with Crippen molar-refractivity contribution in [3.63, 3.8) is 0 Å². The molecule has 1 aliphatic rings. The molecule has 3 rings (SSSR count). The van der Waals surface area contributed by atoms with Crippen molar-refractivity contribution in [2.75, 3.05) is 26.2 Å². The zero-order valence-corrected chi connectivity index (χ0v) is 16.1. The summed E-state index contributed by atoms with van der Waals surface area (Å²) in [4.78, 5) is 21.6. The number of rotatable bonds is 6. The number of aromatic nitrogens is 1. The minimum absolute atomic E-state index is 0.109. The molecule has 0 saturated carbocycles. The smallest absolute Gasteiger partial charge is 0.227 e. The molecular weight excluding hydrogens is 334 g/mol. The van der Waals surface area contributed by atoms with Crippen LogP contribution < -0.4 is 0 Å². The average molecular weight is 362 g/mol. The van der Waals surface area contributed by atoms with Crippen LogP contribution in [0, 0.1) is 12.8 Å². The first-order valence-electron chi connectivity index (χ1n) is 9.12. The molecule has 2 aromatic heterocycles. The van der Waals surface area contributed by atoms with Gasteiger partial charge in [0.05, 0.1) is 11.6 Å². The molecule has 1 fully saturated rings. The Balaban J connectivity index is 1.66. The summed E-state index contributed by atoms with van der Waals surface area (Å²) in [7, 11) is 0. The zero-order chi connectivity index (χ0) is 17.8. The SMILES string of the molecule is CCN(CC)C(=O)[C@@H]1CCCN(Cc2nc(-c3ccsc3)oc2C)C1. The topological polar surface area (TPSA) is 49.6 Å². The first-order chi connectivity index (χ1) is 12.1. The largest absolute Gasteiger partial charge is 0.441 e. The van der Waals surface area contributed by atoms with Crippen molar-refractivity contribution in [2.24, 2.45) is 5.92 Å². The molecule has 0 aromatic carbocycles. The molecule has 3 heterocycles. The highest BCUT2D eigenvalue weighted by Gasteiger charge is 2.29. The summed E-state index contributed by atoms with van der Waals surface area (Å²) in [5.41, 5.74) is 2.02. The van der Waals surface area contributed by atoms with E-state index in [2.05, 4.69) is 15.3 Å². The molecule has 25 heavy (non-hydrogen) atoms. The number of aryl methyl sites for hydroxylation is 1. The number of hydrogen-bond donors (Lipinski definition) is 0. The van der Waals surface area contributed by atoms with E-state index in [1.165, 1.54) is 0 Å². The van der Waals surface area contributed by atoms with Gasteiger partial charge in [0.25, 0.3) is 0 Å². The Kier molecular flexibility index (Phi) is 5.91. The van der Waals surface area contributed by atoms with E-state index in [1.54, 1.807) is 11.3 Å². The lowest BCUT2D eigenvalue weighted by atomic mass is 9.96. The van der Waals surface area contributed by atoms with Crippen LogP contribution in [-0.4, -0.2) is 46.9 Å². The van der Waals surface area contributed by atoms with Gasteiger partial charge in [-0.05, 0) is 51.6 Å². The molecule has 0 bridgehead atoms. The summed E-state index contributed by atoms with van der Waals surface area (Å²) in [6.45, 7) is 10.2. The standard InChI is InChI=1S/C19H27N3O2S/c1-4-22(5-2)19(23)15-7-6-9-21(11-15)12-17-14(3)24-18(20-17)16-8-10-25-13-16/h8,10,13,15H,4-7,9,11-12H2,1-3H3/t15-/m1/s1. The number of carbonyl (C=O) groups is 1. The van der Waals surface area contributed by atoms with E-state index in [0.29, 0.717) is 11.8 Å². The highest BCUT2D eigenvalue weighted by molar-refractivity contribution is 7.08. The number of piperidine rings is 1. The van der Waals surface area contributed by atoms with Gasteiger partial charge >= 0.3 is 0 Å². The highest BCUT2D eigenvalue weighted by Crippen LogP contribution is 2.26. The maximum atomic E-state index is 12.7. The van der Waals surface area contributed by atoms with E-state index in [9.17, 15) is 4.79 Å². The van der Waals surface area contributed by atoms with E-state index < -0.39 is 0 Å². The number of thiophene rings is 1. The number of hydrogen-bond acceptors (Lipinski definition) is 5. The van der Waals surface area contributed by atoms with Gasteiger partial charge in [0.15, 0.2) is 0 Å². The Labute approximate surface area is 153 Å². The number of nitrogens with zero attached hydrogens (tertiary/aromatic N) is 3. The van der Waals surface area contributed by atoms with Crippen molar-refractivity contribution < 1.29 is 9.21 Å². The lowest BCUT2D eigenvalue weighted by Crippen LogP contribution is -2.44. The van der Waals surface area contributed by atoms with Crippen molar-refractivity contribution in [1.82, 2.24) is 14.8 Å². The molecule has 6 heteroatoms. The third-order valence-electron chi connectivity index (χ3n) is 4.96. The van der Waals surface area contributed by atoms with Crippen LogP contribution in [-0.2, 0) is 11.3 Å². The molecule has 136 valence electrons. The van der Waals surface area contributed by atoms with Crippen LogP contribution in [0.2, 0.25) is 0 Å². The van der Waals surface area contributed by atoms with Crippen molar-refractivity contribution in [2.45, 2.75) is 40.2 Å². The van der Waals surface area contributed by atoms with E-state index in [-0.39, 0.29) is 5.92 Å². The van der Waals surface area contributed by atoms with Crippen LogP contribution in [0.4, 0.5) is 0 Å². The van der Waals surface area contributed by atoms with Gasteiger partial charge in [0.1, 0.15) is 5.76 Å². The maximum Gasteiger partial charge on any atom is 0.227 e. The average Bonchev–Trinajstić information content (AvgIpc) is 3.27. The molecule has 1 aliphatic heterocycles. The summed E-state index contributed by atoms with van der Waals surface area (Å²) in [5, 5.41) is 4.08. The molecule has 0 spiro atoms. The molecule has 0 unspecified atom stereocenters. The second kappa shape index (κ2) is 8.15. The van der Waals surface area contributed by atoms with Gasteiger partial charge in [-0.2, -0.15) is 11.3 Å². The van der Waals surface area contributed by atoms with Gasteiger partial charge < -0.3 is 9.32 Å². The number of amides is 1. The third-order valence-corrected chi connectivity index (χ3v) is 5.65. The second-order valence-electron chi connectivity index (χ2n) is 6.62. The first kappa shape index (κ1) is 18.1. The second-order valence-corrected chi connectivity index (χ2v) is 7.40. The monoisotopic (exact) mass is 361 g/mol. The van der Waals surface area contributed by atoms with Crippen LogP contribution in [0.1, 0.15) is 38.1 Å².